The maximum Gasteiger partial charge on any atom is 0.248 e. The Hall–Kier alpha value is -4.34. The van der Waals surface area contributed by atoms with E-state index in [9.17, 15) is 4.79 Å². The van der Waals surface area contributed by atoms with E-state index in [0.29, 0.717) is 51.3 Å². The number of nitrogens with one attached hydrogen (secondary N) is 1. The van der Waals surface area contributed by atoms with Crippen molar-refractivity contribution in [2.24, 2.45) is 5.73 Å². The van der Waals surface area contributed by atoms with E-state index in [-0.39, 0.29) is 6.04 Å². The summed E-state index contributed by atoms with van der Waals surface area (Å²) in [5, 5.41) is 3.32. The minimum Gasteiger partial charge on any atom is -0.493 e. The summed E-state index contributed by atoms with van der Waals surface area (Å²) in [4.78, 5) is 25.5. The van der Waals surface area contributed by atoms with Crippen LogP contribution in [0.4, 0.5) is 11.5 Å². The van der Waals surface area contributed by atoms with Crippen molar-refractivity contribution < 1.29 is 19.0 Å². The zero-order valence-corrected chi connectivity index (χ0v) is 19.6. The molecule has 0 atom stereocenters. The summed E-state index contributed by atoms with van der Waals surface area (Å²) in [6, 6.07) is 10.5. The second-order valence-corrected chi connectivity index (χ2v) is 7.79. The third-order valence-electron chi connectivity index (χ3n) is 5.33. The first-order chi connectivity index (χ1) is 16.4. The summed E-state index contributed by atoms with van der Waals surface area (Å²) < 4.78 is 18.3. The van der Waals surface area contributed by atoms with Gasteiger partial charge in [0.25, 0.3) is 0 Å². The molecule has 0 fully saturated rings. The minimum atomic E-state index is -0.495. The van der Waals surface area contributed by atoms with Gasteiger partial charge >= 0.3 is 0 Å². The molecule has 0 saturated carbocycles. The fourth-order valence-corrected chi connectivity index (χ4v) is 3.58. The zero-order valence-electron chi connectivity index (χ0n) is 19.6. The summed E-state index contributed by atoms with van der Waals surface area (Å²) in [6.45, 7) is 4.10. The molecule has 0 spiro atoms. The predicted octanol–water partition coefficient (Wildman–Crippen LogP) is 3.94. The number of imidazole rings is 1. The molecular formula is C24H26N6O4. The van der Waals surface area contributed by atoms with Crippen molar-refractivity contribution in [1.82, 2.24) is 19.5 Å². The van der Waals surface area contributed by atoms with Crippen molar-refractivity contribution in [2.75, 3.05) is 26.6 Å². The van der Waals surface area contributed by atoms with Crippen LogP contribution in [0.25, 0.3) is 22.6 Å². The van der Waals surface area contributed by atoms with Crippen LogP contribution in [-0.2, 0) is 0 Å². The Morgan fingerprint density at radius 1 is 1.00 bits per heavy atom. The molecule has 10 heteroatoms. The molecule has 2 heterocycles. The highest BCUT2D eigenvalue weighted by Crippen LogP contribution is 2.41. The maximum atomic E-state index is 11.5. The standard InChI is InChI=1S/C24H26N6O4/c1-13(2)30-12-26-19-23(27-16-10-17(32-3)20(34-5)18(11-16)33-4)28-22(29-24(19)30)15-8-6-14(7-9-15)21(25)31/h6-13H,1-5H3,(H2,25,31)(H,27,28,29). The van der Waals surface area contributed by atoms with Crippen molar-refractivity contribution >= 4 is 28.6 Å². The third kappa shape index (κ3) is 4.17. The van der Waals surface area contributed by atoms with Crippen LogP contribution in [0.5, 0.6) is 17.2 Å². The second-order valence-electron chi connectivity index (χ2n) is 7.79. The van der Waals surface area contributed by atoms with Gasteiger partial charge in [0.1, 0.15) is 0 Å². The number of hydrogen-bond acceptors (Lipinski definition) is 8. The van der Waals surface area contributed by atoms with E-state index in [4.69, 9.17) is 29.9 Å². The van der Waals surface area contributed by atoms with E-state index in [2.05, 4.69) is 24.1 Å². The number of carbonyl (C=O) groups excluding carboxylic acids is 1. The number of nitrogens with two attached hydrogens (primary N) is 1. The molecule has 4 rings (SSSR count). The molecule has 4 aromatic rings. The lowest BCUT2D eigenvalue weighted by atomic mass is 10.1. The summed E-state index contributed by atoms with van der Waals surface area (Å²) in [7, 11) is 4.67. The van der Waals surface area contributed by atoms with Gasteiger partial charge in [-0.1, -0.05) is 12.1 Å². The highest BCUT2D eigenvalue weighted by Gasteiger charge is 2.18. The van der Waals surface area contributed by atoms with Crippen molar-refractivity contribution in [3.8, 4) is 28.6 Å². The molecule has 176 valence electrons. The molecule has 1 amide bonds. The van der Waals surface area contributed by atoms with Gasteiger partial charge in [0.05, 0.1) is 27.7 Å². The number of amides is 1. The fourth-order valence-electron chi connectivity index (χ4n) is 3.58. The number of anilines is 2. The molecule has 0 unspecified atom stereocenters. The number of rotatable bonds is 8. The monoisotopic (exact) mass is 462 g/mol. The maximum absolute atomic E-state index is 11.5. The first kappa shape index (κ1) is 22.8. The van der Waals surface area contributed by atoms with Crippen molar-refractivity contribution in [3.63, 3.8) is 0 Å². The van der Waals surface area contributed by atoms with E-state index in [1.54, 1.807) is 64.1 Å². The largest absolute Gasteiger partial charge is 0.493 e. The van der Waals surface area contributed by atoms with Crippen molar-refractivity contribution in [1.29, 1.82) is 0 Å². The number of hydrogen-bond donors (Lipinski definition) is 2. The van der Waals surface area contributed by atoms with Gasteiger partial charge in [0.2, 0.25) is 11.7 Å². The Balaban J connectivity index is 1.86. The molecule has 10 nitrogen and oxygen atoms in total. The lowest BCUT2D eigenvalue weighted by Gasteiger charge is -2.15. The number of nitrogens with zero attached hydrogens (tertiary/aromatic N) is 4. The number of aromatic nitrogens is 4. The number of ether oxygens (including phenoxy) is 3. The molecule has 0 aliphatic heterocycles. The molecule has 3 N–H and O–H groups in total. The average Bonchev–Trinajstić information content (AvgIpc) is 3.28. The van der Waals surface area contributed by atoms with Gasteiger partial charge in [0.15, 0.2) is 34.3 Å². The molecule has 34 heavy (non-hydrogen) atoms. The van der Waals surface area contributed by atoms with Gasteiger partial charge in [0, 0.05) is 35.0 Å². The Bertz CT molecular complexity index is 1320. The summed E-state index contributed by atoms with van der Waals surface area (Å²) in [6.07, 6.45) is 1.74. The summed E-state index contributed by atoms with van der Waals surface area (Å²) >= 11 is 0. The summed E-state index contributed by atoms with van der Waals surface area (Å²) in [5.41, 5.74) is 8.47. The molecule has 0 saturated heterocycles. The van der Waals surface area contributed by atoms with Crippen LogP contribution in [0.15, 0.2) is 42.7 Å². The van der Waals surface area contributed by atoms with Crippen LogP contribution in [0, 0.1) is 0 Å². The summed E-state index contributed by atoms with van der Waals surface area (Å²) in [5.74, 6) is 1.98. The zero-order chi connectivity index (χ0) is 24.4. The molecule has 0 bridgehead atoms. The van der Waals surface area contributed by atoms with Crippen LogP contribution < -0.4 is 25.3 Å². The average molecular weight is 463 g/mol. The van der Waals surface area contributed by atoms with Crippen molar-refractivity contribution in [2.45, 2.75) is 19.9 Å². The number of carbonyl (C=O) groups is 1. The van der Waals surface area contributed by atoms with E-state index in [1.807, 2.05) is 4.57 Å². The lowest BCUT2D eigenvalue weighted by Crippen LogP contribution is -2.10. The van der Waals surface area contributed by atoms with Gasteiger partial charge in [-0.15, -0.1) is 0 Å². The first-order valence-electron chi connectivity index (χ1n) is 10.6. The topological polar surface area (TPSA) is 126 Å². The van der Waals surface area contributed by atoms with Gasteiger partial charge in [-0.3, -0.25) is 4.79 Å². The third-order valence-corrected chi connectivity index (χ3v) is 5.33. The number of fused-ring (bicyclic) bond motifs is 1. The Kier molecular flexibility index (Phi) is 6.22. The van der Waals surface area contributed by atoms with Crippen LogP contribution >= 0.6 is 0 Å². The van der Waals surface area contributed by atoms with Crippen LogP contribution in [0.3, 0.4) is 0 Å². The SMILES string of the molecule is COc1cc(Nc2nc(-c3ccc(C(N)=O)cc3)nc3c2ncn3C(C)C)cc(OC)c1OC. The first-order valence-corrected chi connectivity index (χ1v) is 10.6. The Morgan fingerprint density at radius 3 is 2.18 bits per heavy atom. The minimum absolute atomic E-state index is 0.138. The lowest BCUT2D eigenvalue weighted by molar-refractivity contribution is 0.100. The van der Waals surface area contributed by atoms with Gasteiger partial charge < -0.3 is 29.8 Å². The van der Waals surface area contributed by atoms with Gasteiger partial charge in [-0.25, -0.2) is 15.0 Å². The number of benzene rings is 2. The Morgan fingerprint density at radius 2 is 1.65 bits per heavy atom. The predicted molar refractivity (Wildman–Crippen MR) is 129 cm³/mol. The van der Waals surface area contributed by atoms with E-state index in [1.165, 1.54) is 0 Å². The Labute approximate surface area is 196 Å². The molecule has 0 aliphatic carbocycles. The van der Waals surface area contributed by atoms with Crippen LogP contribution in [-0.4, -0.2) is 46.8 Å². The van der Waals surface area contributed by atoms with E-state index in [0.717, 1.165) is 5.56 Å². The molecule has 2 aromatic heterocycles. The second kappa shape index (κ2) is 9.26. The van der Waals surface area contributed by atoms with Crippen LogP contribution in [0.1, 0.15) is 30.2 Å². The van der Waals surface area contributed by atoms with Gasteiger partial charge in [-0.05, 0) is 26.0 Å². The molecule has 2 aromatic carbocycles. The molecular weight excluding hydrogens is 436 g/mol. The quantitative estimate of drug-likeness (QED) is 0.403. The number of primary amides is 1. The van der Waals surface area contributed by atoms with Crippen LogP contribution in [0.2, 0.25) is 0 Å². The molecule has 0 aliphatic rings. The van der Waals surface area contributed by atoms with E-state index >= 15 is 0 Å². The number of methoxy groups -OCH3 is 3. The highest BCUT2D eigenvalue weighted by atomic mass is 16.5. The van der Waals surface area contributed by atoms with Gasteiger partial charge in [-0.2, -0.15) is 0 Å². The normalized spacial score (nSPS) is 11.0. The highest BCUT2D eigenvalue weighted by molar-refractivity contribution is 5.93. The van der Waals surface area contributed by atoms with E-state index < -0.39 is 5.91 Å². The molecule has 0 radical (unpaired) electrons. The smallest absolute Gasteiger partial charge is 0.248 e. The van der Waals surface area contributed by atoms with Crippen molar-refractivity contribution in [3.05, 3.63) is 48.3 Å². The fraction of sp³-hybridized carbons (Fsp3) is 0.250.